The highest BCUT2D eigenvalue weighted by atomic mass is 16.6. The first kappa shape index (κ1) is 32.6. The molecule has 0 amide bonds. The molecule has 0 atom stereocenters. The van der Waals surface area contributed by atoms with E-state index in [1.54, 1.807) is 0 Å². The molecule has 9 aromatic carbocycles. The first-order valence-electron chi connectivity index (χ1n) is 19.8. The van der Waals surface area contributed by atoms with Crippen molar-refractivity contribution < 1.29 is 9.47 Å². The van der Waals surface area contributed by atoms with Crippen molar-refractivity contribution in [1.29, 1.82) is 0 Å². The minimum Gasteiger partial charge on any atom is -0.449 e. The molecule has 58 heavy (non-hydrogen) atoms. The van der Waals surface area contributed by atoms with E-state index >= 15 is 0 Å². The van der Waals surface area contributed by atoms with Gasteiger partial charge in [0.2, 0.25) is 0 Å². The Balaban J connectivity index is 0.955. The predicted octanol–water partition coefficient (Wildman–Crippen LogP) is 14.7. The number of rotatable bonds is 5. The minimum absolute atomic E-state index is 0.460. The highest BCUT2D eigenvalue weighted by molar-refractivity contribution is 5.98. The SMILES string of the molecule is c1ccc(-c2cccc(-c3ccc(N(c4ccccc4)c4ccc5c(c4)Oc4c(ccc6c4-c4ccccc4C64c6ccccc6-c6ccccc64)O5)cc3)c2)cc1. The summed E-state index contributed by atoms with van der Waals surface area (Å²) in [6, 6.07) is 75.7. The lowest BCUT2D eigenvalue weighted by molar-refractivity contribution is 0.360. The van der Waals surface area contributed by atoms with Crippen molar-refractivity contribution in [2.45, 2.75) is 5.41 Å². The number of hydrogen-bond acceptors (Lipinski definition) is 3. The monoisotopic (exact) mass is 741 g/mol. The first-order chi connectivity index (χ1) is 28.8. The lowest BCUT2D eigenvalue weighted by Gasteiger charge is -2.31. The molecule has 0 unspecified atom stereocenters. The number of hydrogen-bond donors (Lipinski definition) is 0. The van der Waals surface area contributed by atoms with Crippen LogP contribution in [0.25, 0.3) is 44.5 Å². The van der Waals surface area contributed by atoms with E-state index in [9.17, 15) is 0 Å². The standard InChI is InChI=1S/C55H35NO2/c1-3-14-36(15-4-1)38-16-13-17-39(34-38)37-26-28-41(29-27-37)56(40-18-5-2-6-19-40)42-30-32-50-52(35-42)58-54-51(57-50)33-31-49-53(54)45-22-9-12-25-48(45)55(49)46-23-10-7-20-43(46)44-21-8-11-24-47(44)55/h1-35H. The second kappa shape index (κ2) is 12.7. The average Bonchev–Trinajstić information content (AvgIpc) is 3.77. The molecule has 1 aliphatic heterocycles. The Kier molecular flexibility index (Phi) is 7.14. The quantitative estimate of drug-likeness (QED) is 0.175. The Morgan fingerprint density at radius 2 is 0.828 bits per heavy atom. The van der Waals surface area contributed by atoms with Gasteiger partial charge < -0.3 is 14.4 Å². The van der Waals surface area contributed by atoms with E-state index in [1.165, 1.54) is 55.6 Å². The van der Waals surface area contributed by atoms with Gasteiger partial charge in [-0.25, -0.2) is 0 Å². The van der Waals surface area contributed by atoms with Crippen LogP contribution in [0.1, 0.15) is 22.3 Å². The molecule has 0 fully saturated rings. The molecule has 0 aromatic heterocycles. The number of benzene rings is 9. The second-order valence-corrected chi connectivity index (χ2v) is 15.2. The fraction of sp³-hybridized carbons (Fsp3) is 0.0182. The van der Waals surface area contributed by atoms with Gasteiger partial charge in [-0.1, -0.05) is 158 Å². The van der Waals surface area contributed by atoms with Crippen LogP contribution < -0.4 is 14.4 Å². The van der Waals surface area contributed by atoms with Gasteiger partial charge in [0.25, 0.3) is 0 Å². The molecular formula is C55H35NO2. The molecule has 0 radical (unpaired) electrons. The van der Waals surface area contributed by atoms with E-state index in [0.717, 1.165) is 39.7 Å². The van der Waals surface area contributed by atoms with Crippen LogP contribution in [0.5, 0.6) is 23.0 Å². The van der Waals surface area contributed by atoms with Gasteiger partial charge in [-0.2, -0.15) is 0 Å². The third kappa shape index (κ3) is 4.74. The highest BCUT2D eigenvalue weighted by Crippen LogP contribution is 2.66. The molecule has 0 saturated carbocycles. The Labute approximate surface area is 337 Å². The smallest absolute Gasteiger partial charge is 0.178 e. The Bertz CT molecular complexity index is 3020. The summed E-state index contributed by atoms with van der Waals surface area (Å²) < 4.78 is 13.8. The number of fused-ring (bicyclic) bond motifs is 13. The van der Waals surface area contributed by atoms with E-state index in [0.29, 0.717) is 11.5 Å². The van der Waals surface area contributed by atoms with Gasteiger partial charge in [-0.3, -0.25) is 0 Å². The van der Waals surface area contributed by atoms with E-state index in [2.05, 4.69) is 211 Å². The van der Waals surface area contributed by atoms with Gasteiger partial charge in [-0.15, -0.1) is 0 Å². The summed E-state index contributed by atoms with van der Waals surface area (Å²) in [4.78, 5) is 2.27. The van der Waals surface area contributed by atoms with Crippen LogP contribution in [0.3, 0.4) is 0 Å². The largest absolute Gasteiger partial charge is 0.449 e. The molecule has 9 aromatic rings. The van der Waals surface area contributed by atoms with E-state index in [4.69, 9.17) is 9.47 Å². The summed E-state index contributed by atoms with van der Waals surface area (Å²) in [6.07, 6.45) is 0. The normalized spacial score (nSPS) is 13.2. The maximum Gasteiger partial charge on any atom is 0.178 e. The molecule has 1 spiro atoms. The Morgan fingerprint density at radius 3 is 1.52 bits per heavy atom. The van der Waals surface area contributed by atoms with Crippen LogP contribution in [0, 0.1) is 0 Å². The molecule has 3 heteroatoms. The van der Waals surface area contributed by atoms with Gasteiger partial charge in [0, 0.05) is 23.0 Å². The average molecular weight is 742 g/mol. The molecular weight excluding hydrogens is 707 g/mol. The number of para-hydroxylation sites is 1. The van der Waals surface area contributed by atoms with Crippen molar-refractivity contribution in [2.24, 2.45) is 0 Å². The molecule has 2 aliphatic carbocycles. The van der Waals surface area contributed by atoms with E-state index < -0.39 is 5.41 Å². The van der Waals surface area contributed by atoms with Crippen molar-refractivity contribution in [3.63, 3.8) is 0 Å². The van der Waals surface area contributed by atoms with Crippen LogP contribution in [0.2, 0.25) is 0 Å². The van der Waals surface area contributed by atoms with Crippen LogP contribution in [0.4, 0.5) is 17.1 Å². The number of nitrogens with zero attached hydrogens (tertiary/aromatic N) is 1. The van der Waals surface area contributed by atoms with Crippen molar-refractivity contribution >= 4 is 17.1 Å². The van der Waals surface area contributed by atoms with E-state index in [-0.39, 0.29) is 0 Å². The molecule has 0 saturated heterocycles. The van der Waals surface area contributed by atoms with Crippen LogP contribution >= 0.6 is 0 Å². The first-order valence-corrected chi connectivity index (χ1v) is 19.8. The lowest BCUT2D eigenvalue weighted by atomic mass is 9.70. The molecule has 0 bridgehead atoms. The van der Waals surface area contributed by atoms with Gasteiger partial charge in [0.15, 0.2) is 23.0 Å². The lowest BCUT2D eigenvalue weighted by Crippen LogP contribution is -2.25. The van der Waals surface area contributed by atoms with Crippen LogP contribution in [-0.4, -0.2) is 0 Å². The summed E-state index contributed by atoms with van der Waals surface area (Å²) in [6.45, 7) is 0. The Hall–Kier alpha value is -7.62. The van der Waals surface area contributed by atoms with Gasteiger partial charge in [0.1, 0.15) is 0 Å². The molecule has 0 N–H and O–H groups in total. The maximum atomic E-state index is 7.09. The fourth-order valence-electron chi connectivity index (χ4n) is 9.68. The summed E-state index contributed by atoms with van der Waals surface area (Å²) in [5, 5.41) is 0. The highest BCUT2D eigenvalue weighted by Gasteiger charge is 2.53. The van der Waals surface area contributed by atoms with Crippen molar-refractivity contribution in [3.05, 3.63) is 235 Å². The third-order valence-electron chi connectivity index (χ3n) is 12.1. The van der Waals surface area contributed by atoms with E-state index in [1.807, 2.05) is 6.07 Å². The third-order valence-corrected chi connectivity index (χ3v) is 12.1. The van der Waals surface area contributed by atoms with Gasteiger partial charge in [0.05, 0.1) is 11.1 Å². The van der Waals surface area contributed by atoms with Crippen molar-refractivity contribution in [1.82, 2.24) is 0 Å². The molecule has 3 aliphatic rings. The molecule has 3 nitrogen and oxygen atoms in total. The molecule has 272 valence electrons. The summed E-state index contributed by atoms with van der Waals surface area (Å²) in [5.41, 5.74) is 17.3. The zero-order valence-corrected chi connectivity index (χ0v) is 31.5. The zero-order chi connectivity index (χ0) is 38.2. The second-order valence-electron chi connectivity index (χ2n) is 15.2. The van der Waals surface area contributed by atoms with Gasteiger partial charge in [-0.05, 0) is 110 Å². The van der Waals surface area contributed by atoms with Crippen LogP contribution in [-0.2, 0) is 5.41 Å². The summed E-state index contributed by atoms with van der Waals surface area (Å²) in [5.74, 6) is 2.84. The Morgan fingerprint density at radius 1 is 0.310 bits per heavy atom. The van der Waals surface area contributed by atoms with Gasteiger partial charge >= 0.3 is 0 Å². The maximum absolute atomic E-state index is 7.09. The fourth-order valence-corrected chi connectivity index (χ4v) is 9.68. The van der Waals surface area contributed by atoms with Crippen LogP contribution in [0.15, 0.2) is 212 Å². The number of anilines is 3. The zero-order valence-electron chi connectivity index (χ0n) is 31.5. The molecule has 12 rings (SSSR count). The molecule has 1 heterocycles. The van der Waals surface area contributed by atoms with Crippen molar-refractivity contribution in [2.75, 3.05) is 4.90 Å². The minimum atomic E-state index is -0.460. The predicted molar refractivity (Wildman–Crippen MR) is 235 cm³/mol. The summed E-state index contributed by atoms with van der Waals surface area (Å²) in [7, 11) is 0. The van der Waals surface area contributed by atoms with Crippen molar-refractivity contribution in [3.8, 4) is 67.5 Å². The number of ether oxygens (including phenoxy) is 2. The summed E-state index contributed by atoms with van der Waals surface area (Å²) >= 11 is 0. The topological polar surface area (TPSA) is 21.7 Å².